The van der Waals surface area contributed by atoms with E-state index in [1.807, 2.05) is 0 Å². The summed E-state index contributed by atoms with van der Waals surface area (Å²) in [4.78, 5) is 0. The number of rotatable bonds is 10. The molecule has 0 aliphatic heterocycles. The molecular formula is C42H50S. The molecule has 43 heavy (non-hydrogen) atoms. The molecule has 2 aliphatic carbocycles. The van der Waals surface area contributed by atoms with Gasteiger partial charge in [0.2, 0.25) is 0 Å². The predicted molar refractivity (Wildman–Crippen MR) is 187 cm³/mol. The molecule has 0 aromatic heterocycles. The van der Waals surface area contributed by atoms with Crippen LogP contribution in [0.5, 0.6) is 0 Å². The summed E-state index contributed by atoms with van der Waals surface area (Å²) in [5.74, 6) is 0. The lowest BCUT2D eigenvalue weighted by Crippen LogP contribution is -2.27. The van der Waals surface area contributed by atoms with Crippen molar-refractivity contribution >= 4 is 11.8 Å². The molecule has 0 saturated heterocycles. The molecule has 0 heterocycles. The van der Waals surface area contributed by atoms with Crippen molar-refractivity contribution in [2.45, 2.75) is 100 Å². The van der Waals surface area contributed by atoms with Crippen LogP contribution in [0.1, 0.15) is 86.5 Å². The summed E-state index contributed by atoms with van der Waals surface area (Å²) in [5.41, 5.74) is 6.81. The Hall–Kier alpha value is -2.77. The molecule has 6 rings (SSSR count). The molecule has 2 fully saturated rings. The van der Waals surface area contributed by atoms with Gasteiger partial charge in [0.1, 0.15) is 0 Å². The Morgan fingerprint density at radius 2 is 0.698 bits per heavy atom. The zero-order chi connectivity index (χ0) is 29.2. The largest absolute Gasteiger partial charge is 0.155 e. The van der Waals surface area contributed by atoms with Crippen LogP contribution in [0, 0.1) is 10.8 Å². The Morgan fingerprint density at radius 1 is 0.395 bits per heavy atom. The fourth-order valence-electron chi connectivity index (χ4n) is 8.37. The minimum atomic E-state index is 0.377. The first-order chi connectivity index (χ1) is 21.2. The van der Waals surface area contributed by atoms with Crippen LogP contribution in [0.4, 0.5) is 0 Å². The van der Waals surface area contributed by atoms with Gasteiger partial charge >= 0.3 is 0 Å². The van der Waals surface area contributed by atoms with Crippen LogP contribution in [0.25, 0.3) is 0 Å². The van der Waals surface area contributed by atoms with Crippen molar-refractivity contribution in [2.75, 3.05) is 0 Å². The molecule has 224 valence electrons. The van der Waals surface area contributed by atoms with Gasteiger partial charge in [-0.05, 0) is 110 Å². The zero-order valence-corrected chi connectivity index (χ0v) is 26.8. The normalized spacial score (nSPS) is 21.9. The van der Waals surface area contributed by atoms with E-state index in [4.69, 9.17) is 0 Å². The average molecular weight is 587 g/mol. The molecule has 2 saturated carbocycles. The molecular weight excluding hydrogens is 537 g/mol. The van der Waals surface area contributed by atoms with Crippen molar-refractivity contribution in [3.63, 3.8) is 0 Å². The van der Waals surface area contributed by atoms with Gasteiger partial charge in [-0.15, -0.1) is 0 Å². The van der Waals surface area contributed by atoms with Crippen LogP contribution in [0.15, 0.2) is 121 Å². The third-order valence-electron chi connectivity index (χ3n) is 10.5. The van der Waals surface area contributed by atoms with E-state index in [2.05, 4.69) is 133 Å². The maximum atomic E-state index is 2.39. The molecule has 2 aliphatic rings. The molecule has 0 spiro atoms. The van der Waals surface area contributed by atoms with Gasteiger partial charge in [0, 0.05) is 10.5 Å². The highest BCUT2D eigenvalue weighted by molar-refractivity contribution is 8.00. The molecule has 1 heteroatoms. The van der Waals surface area contributed by atoms with Crippen LogP contribution in [0.3, 0.4) is 0 Å². The number of thioether (sulfide) groups is 1. The first-order valence-corrected chi connectivity index (χ1v) is 17.9. The van der Waals surface area contributed by atoms with Gasteiger partial charge in [0.25, 0.3) is 0 Å². The Bertz CT molecular complexity index is 1160. The van der Waals surface area contributed by atoms with E-state index in [0.29, 0.717) is 10.8 Å². The van der Waals surface area contributed by atoms with Crippen molar-refractivity contribution in [1.82, 2.24) is 0 Å². The summed E-state index contributed by atoms with van der Waals surface area (Å²) in [6, 6.07) is 45.3. The Morgan fingerprint density at radius 3 is 1.00 bits per heavy atom. The van der Waals surface area contributed by atoms with E-state index < -0.39 is 0 Å². The topological polar surface area (TPSA) is 0 Å². The second kappa shape index (κ2) is 14.8. The highest BCUT2D eigenvalue weighted by Gasteiger charge is 2.37. The molecule has 2 unspecified atom stereocenters. The van der Waals surface area contributed by atoms with E-state index in [1.165, 1.54) is 112 Å². The SMILES string of the molecule is c1ccc(CC2(Cc3ccccc3)CCCC(SC3CCCC(Cc4ccccc4)(Cc4ccccc4)CC3)CC2)cc1. The van der Waals surface area contributed by atoms with Gasteiger partial charge in [-0.25, -0.2) is 0 Å². The van der Waals surface area contributed by atoms with Gasteiger partial charge in [-0.2, -0.15) is 11.8 Å². The third-order valence-corrected chi connectivity index (χ3v) is 12.2. The average Bonchev–Trinajstić information content (AvgIpc) is 3.35. The van der Waals surface area contributed by atoms with Crippen LogP contribution >= 0.6 is 11.8 Å². The molecule has 0 nitrogen and oxygen atoms in total. The number of hydrogen-bond donors (Lipinski definition) is 0. The molecule has 0 radical (unpaired) electrons. The van der Waals surface area contributed by atoms with Gasteiger partial charge in [0.15, 0.2) is 0 Å². The van der Waals surface area contributed by atoms with Crippen molar-refractivity contribution in [1.29, 1.82) is 0 Å². The third kappa shape index (κ3) is 8.66. The van der Waals surface area contributed by atoms with Crippen molar-refractivity contribution < 1.29 is 0 Å². The Balaban J connectivity index is 1.12. The smallest absolute Gasteiger partial charge is 0.00500 e. The Labute approximate surface area is 265 Å². The monoisotopic (exact) mass is 586 g/mol. The van der Waals surface area contributed by atoms with E-state index in [9.17, 15) is 0 Å². The van der Waals surface area contributed by atoms with E-state index in [1.54, 1.807) is 0 Å². The summed E-state index contributed by atoms with van der Waals surface area (Å²) in [7, 11) is 0. The van der Waals surface area contributed by atoms with E-state index in [0.717, 1.165) is 10.5 Å². The molecule has 4 aromatic carbocycles. The van der Waals surface area contributed by atoms with Crippen LogP contribution < -0.4 is 0 Å². The summed E-state index contributed by atoms with van der Waals surface area (Å²) in [6.45, 7) is 0. The van der Waals surface area contributed by atoms with Crippen molar-refractivity contribution in [2.24, 2.45) is 10.8 Å². The summed E-state index contributed by atoms with van der Waals surface area (Å²) < 4.78 is 0. The van der Waals surface area contributed by atoms with Crippen molar-refractivity contribution in [3.8, 4) is 0 Å². The molecule has 0 bridgehead atoms. The maximum Gasteiger partial charge on any atom is 0.00500 e. The summed E-state index contributed by atoms with van der Waals surface area (Å²) in [6.07, 6.45) is 18.6. The van der Waals surface area contributed by atoms with Crippen LogP contribution in [-0.2, 0) is 25.7 Å². The lowest BCUT2D eigenvalue weighted by atomic mass is 9.71. The minimum absolute atomic E-state index is 0.377. The molecule has 2 atom stereocenters. The highest BCUT2D eigenvalue weighted by Crippen LogP contribution is 2.47. The fraction of sp³-hybridized carbons (Fsp3) is 0.429. The lowest BCUT2D eigenvalue weighted by molar-refractivity contribution is 0.239. The zero-order valence-electron chi connectivity index (χ0n) is 26.0. The van der Waals surface area contributed by atoms with Crippen LogP contribution in [0.2, 0.25) is 0 Å². The summed E-state index contributed by atoms with van der Waals surface area (Å²) >= 11 is 2.39. The first kappa shape index (κ1) is 30.3. The van der Waals surface area contributed by atoms with Crippen LogP contribution in [-0.4, -0.2) is 10.5 Å². The lowest BCUT2D eigenvalue weighted by Gasteiger charge is -2.34. The van der Waals surface area contributed by atoms with E-state index >= 15 is 0 Å². The second-order valence-corrected chi connectivity index (χ2v) is 15.5. The second-order valence-electron chi connectivity index (χ2n) is 13.9. The maximum absolute atomic E-state index is 2.39. The van der Waals surface area contributed by atoms with Gasteiger partial charge in [-0.3, -0.25) is 0 Å². The van der Waals surface area contributed by atoms with Crippen molar-refractivity contribution in [3.05, 3.63) is 144 Å². The van der Waals surface area contributed by atoms with E-state index in [-0.39, 0.29) is 0 Å². The molecule has 0 amide bonds. The van der Waals surface area contributed by atoms with Gasteiger partial charge in [0.05, 0.1) is 0 Å². The summed E-state index contributed by atoms with van der Waals surface area (Å²) in [5, 5.41) is 1.63. The predicted octanol–water partition coefficient (Wildman–Crippen LogP) is 11.3. The van der Waals surface area contributed by atoms with Gasteiger partial charge < -0.3 is 0 Å². The number of hydrogen-bond acceptors (Lipinski definition) is 1. The quantitative estimate of drug-likeness (QED) is 0.167. The number of benzene rings is 4. The standard InChI is InChI=1S/C42H50S/c1-5-15-35(16-6-1)31-41(32-36-17-7-2-8-18-36)27-13-23-39(25-29-41)43-40-24-14-28-42(30-26-40,33-37-19-9-3-10-20-37)34-38-21-11-4-12-22-38/h1-12,15-22,39-40H,13-14,23-34H2. The minimum Gasteiger partial charge on any atom is -0.155 e. The molecule has 4 aromatic rings. The Kier molecular flexibility index (Phi) is 10.4. The molecule has 0 N–H and O–H groups in total. The fourth-order valence-corrected chi connectivity index (χ4v) is 10.0. The first-order valence-electron chi connectivity index (χ1n) is 17.0. The van der Waals surface area contributed by atoms with Gasteiger partial charge in [-0.1, -0.05) is 134 Å². The highest BCUT2D eigenvalue weighted by atomic mass is 32.2.